The Kier molecular flexibility index (Phi) is 4.60. The summed E-state index contributed by atoms with van der Waals surface area (Å²) in [5.41, 5.74) is 9.02. The van der Waals surface area contributed by atoms with Crippen molar-refractivity contribution in [2.75, 3.05) is 19.1 Å². The van der Waals surface area contributed by atoms with Crippen molar-refractivity contribution in [3.63, 3.8) is 0 Å². The minimum absolute atomic E-state index is 0.101. The minimum atomic E-state index is -0.101. The molecule has 2 rings (SSSR count). The maximum absolute atomic E-state index is 12.7. The van der Waals surface area contributed by atoms with Gasteiger partial charge in [0.05, 0.1) is 12.7 Å². The Morgan fingerprint density at radius 2 is 1.86 bits per heavy atom. The largest absolute Gasteiger partial charge is 0.496 e. The highest BCUT2D eigenvalue weighted by atomic mass is 16.5. The van der Waals surface area contributed by atoms with Gasteiger partial charge in [-0.3, -0.25) is 4.79 Å². The molecular weight excluding hydrogens is 264 g/mol. The van der Waals surface area contributed by atoms with E-state index in [0.717, 1.165) is 16.8 Å². The minimum Gasteiger partial charge on any atom is -0.496 e. The normalized spacial score (nSPS) is 10.3. The van der Waals surface area contributed by atoms with Gasteiger partial charge in [-0.15, -0.1) is 0 Å². The first-order chi connectivity index (χ1) is 10.1. The van der Waals surface area contributed by atoms with Crippen LogP contribution in [0.2, 0.25) is 0 Å². The Morgan fingerprint density at radius 1 is 1.19 bits per heavy atom. The summed E-state index contributed by atoms with van der Waals surface area (Å²) in [6.07, 6.45) is 0. The highest BCUT2D eigenvalue weighted by Gasteiger charge is 2.18. The average molecular weight is 284 g/mol. The Labute approximate surface area is 125 Å². The second-order valence-corrected chi connectivity index (χ2v) is 4.94. The van der Waals surface area contributed by atoms with Crippen LogP contribution in [0.25, 0.3) is 0 Å². The van der Waals surface area contributed by atoms with E-state index in [9.17, 15) is 4.79 Å². The van der Waals surface area contributed by atoms with E-state index in [1.807, 2.05) is 49.4 Å². The molecule has 110 valence electrons. The number of hydrogen-bond donors (Lipinski definition) is 1. The number of rotatable bonds is 4. The average Bonchev–Trinajstić information content (AvgIpc) is 2.53. The molecule has 1 amide bonds. The lowest BCUT2D eigenvalue weighted by Gasteiger charge is -2.19. The Hall–Kier alpha value is -2.33. The van der Waals surface area contributed by atoms with Crippen molar-refractivity contribution in [2.45, 2.75) is 13.5 Å². The summed E-state index contributed by atoms with van der Waals surface area (Å²) in [5.74, 6) is 0.479. The van der Waals surface area contributed by atoms with Crippen molar-refractivity contribution in [1.82, 2.24) is 0 Å². The fourth-order valence-electron chi connectivity index (χ4n) is 2.14. The lowest BCUT2D eigenvalue weighted by molar-refractivity contribution is 0.0990. The third kappa shape index (κ3) is 3.23. The number of amides is 1. The summed E-state index contributed by atoms with van der Waals surface area (Å²) in [7, 11) is 3.32. The zero-order chi connectivity index (χ0) is 15.4. The number of benzene rings is 2. The smallest absolute Gasteiger partial charge is 0.261 e. The summed E-state index contributed by atoms with van der Waals surface area (Å²) in [6.45, 7) is 2.44. The molecular formula is C17H20N2O2. The molecule has 0 aliphatic heterocycles. The van der Waals surface area contributed by atoms with Crippen LogP contribution in [-0.4, -0.2) is 20.1 Å². The molecule has 0 aliphatic rings. The summed E-state index contributed by atoms with van der Waals surface area (Å²) in [4.78, 5) is 14.3. The molecule has 0 spiro atoms. The topological polar surface area (TPSA) is 55.6 Å². The van der Waals surface area contributed by atoms with Crippen molar-refractivity contribution in [1.29, 1.82) is 0 Å². The number of carbonyl (C=O) groups excluding carboxylic acids is 1. The predicted molar refractivity (Wildman–Crippen MR) is 84.8 cm³/mol. The monoisotopic (exact) mass is 284 g/mol. The molecule has 0 aliphatic carbocycles. The molecule has 21 heavy (non-hydrogen) atoms. The molecule has 0 fully saturated rings. The zero-order valence-corrected chi connectivity index (χ0v) is 12.6. The Bertz CT molecular complexity index is 636. The summed E-state index contributed by atoms with van der Waals surface area (Å²) in [6, 6.07) is 13.2. The van der Waals surface area contributed by atoms with Crippen LogP contribution in [0.3, 0.4) is 0 Å². The van der Waals surface area contributed by atoms with E-state index in [1.165, 1.54) is 0 Å². The highest BCUT2D eigenvalue weighted by Crippen LogP contribution is 2.23. The molecule has 2 aromatic rings. The lowest BCUT2D eigenvalue weighted by Crippen LogP contribution is -2.26. The number of methoxy groups -OCH3 is 1. The molecule has 4 heteroatoms. The van der Waals surface area contributed by atoms with Crippen LogP contribution in [0.5, 0.6) is 5.75 Å². The second-order valence-electron chi connectivity index (χ2n) is 4.94. The number of aryl methyl sites for hydroxylation is 1. The molecule has 0 saturated heterocycles. The van der Waals surface area contributed by atoms with Crippen LogP contribution in [0, 0.1) is 6.92 Å². The standard InChI is InChI=1S/C17H20N2O2/c1-12-4-9-16(21-3)15(10-12)17(20)19(2)14-7-5-13(11-18)6-8-14/h4-10H,11,18H2,1-3H3. The van der Waals surface area contributed by atoms with Crippen LogP contribution >= 0.6 is 0 Å². The number of anilines is 1. The van der Waals surface area contributed by atoms with Gasteiger partial charge in [0.1, 0.15) is 5.75 Å². The SMILES string of the molecule is COc1ccc(C)cc1C(=O)N(C)c1ccc(CN)cc1. The fraction of sp³-hybridized carbons (Fsp3) is 0.235. The van der Waals surface area contributed by atoms with Crippen molar-refractivity contribution in [3.05, 3.63) is 59.2 Å². The molecule has 0 bridgehead atoms. The third-order valence-corrected chi connectivity index (χ3v) is 3.45. The van der Waals surface area contributed by atoms with E-state index in [1.54, 1.807) is 19.1 Å². The Balaban J connectivity index is 2.32. The van der Waals surface area contributed by atoms with E-state index in [4.69, 9.17) is 10.5 Å². The van der Waals surface area contributed by atoms with Gasteiger partial charge in [0.15, 0.2) is 0 Å². The number of nitrogens with zero attached hydrogens (tertiary/aromatic N) is 1. The third-order valence-electron chi connectivity index (χ3n) is 3.45. The van der Waals surface area contributed by atoms with Crippen LogP contribution < -0.4 is 15.4 Å². The van der Waals surface area contributed by atoms with Crippen molar-refractivity contribution in [3.8, 4) is 5.75 Å². The molecule has 0 unspecified atom stereocenters. The van der Waals surface area contributed by atoms with Gasteiger partial charge in [-0.2, -0.15) is 0 Å². The maximum Gasteiger partial charge on any atom is 0.261 e. The zero-order valence-electron chi connectivity index (χ0n) is 12.6. The molecule has 0 heterocycles. The molecule has 0 saturated carbocycles. The number of hydrogen-bond acceptors (Lipinski definition) is 3. The van der Waals surface area contributed by atoms with Crippen molar-refractivity contribution >= 4 is 11.6 Å². The predicted octanol–water partition coefficient (Wildman–Crippen LogP) is 2.74. The van der Waals surface area contributed by atoms with Gasteiger partial charge in [-0.05, 0) is 36.8 Å². The van der Waals surface area contributed by atoms with Gasteiger partial charge < -0.3 is 15.4 Å². The van der Waals surface area contributed by atoms with Gasteiger partial charge in [-0.25, -0.2) is 0 Å². The highest BCUT2D eigenvalue weighted by molar-refractivity contribution is 6.07. The Morgan fingerprint density at radius 3 is 2.43 bits per heavy atom. The summed E-state index contributed by atoms with van der Waals surface area (Å²) in [5, 5.41) is 0. The quantitative estimate of drug-likeness (QED) is 0.939. The molecule has 0 radical (unpaired) electrons. The molecule has 0 aromatic heterocycles. The van der Waals surface area contributed by atoms with Crippen molar-refractivity contribution < 1.29 is 9.53 Å². The summed E-state index contributed by atoms with van der Waals surface area (Å²) < 4.78 is 5.28. The molecule has 4 nitrogen and oxygen atoms in total. The van der Waals surface area contributed by atoms with Crippen LogP contribution in [-0.2, 0) is 6.54 Å². The van der Waals surface area contributed by atoms with Gasteiger partial charge in [0.25, 0.3) is 5.91 Å². The first-order valence-corrected chi connectivity index (χ1v) is 6.78. The van der Waals surface area contributed by atoms with Crippen LogP contribution in [0.4, 0.5) is 5.69 Å². The first kappa shape index (κ1) is 15.1. The first-order valence-electron chi connectivity index (χ1n) is 6.78. The molecule has 2 aromatic carbocycles. The maximum atomic E-state index is 12.7. The molecule has 2 N–H and O–H groups in total. The second kappa shape index (κ2) is 6.41. The van der Waals surface area contributed by atoms with E-state index in [2.05, 4.69) is 0 Å². The van der Waals surface area contributed by atoms with E-state index in [0.29, 0.717) is 17.9 Å². The fourth-order valence-corrected chi connectivity index (χ4v) is 2.14. The van der Waals surface area contributed by atoms with E-state index < -0.39 is 0 Å². The number of carbonyl (C=O) groups is 1. The van der Waals surface area contributed by atoms with Gasteiger partial charge >= 0.3 is 0 Å². The number of nitrogens with two attached hydrogens (primary N) is 1. The van der Waals surface area contributed by atoms with Gasteiger partial charge in [0, 0.05) is 19.3 Å². The van der Waals surface area contributed by atoms with E-state index in [-0.39, 0.29) is 5.91 Å². The van der Waals surface area contributed by atoms with E-state index >= 15 is 0 Å². The summed E-state index contributed by atoms with van der Waals surface area (Å²) >= 11 is 0. The number of ether oxygens (including phenoxy) is 1. The van der Waals surface area contributed by atoms with Crippen molar-refractivity contribution in [2.24, 2.45) is 5.73 Å². The molecule has 0 atom stereocenters. The van der Waals surface area contributed by atoms with Crippen LogP contribution in [0.1, 0.15) is 21.5 Å². The van der Waals surface area contributed by atoms with Gasteiger partial charge in [0.2, 0.25) is 0 Å². The lowest BCUT2D eigenvalue weighted by atomic mass is 10.1. The van der Waals surface area contributed by atoms with Crippen LogP contribution in [0.15, 0.2) is 42.5 Å². The van der Waals surface area contributed by atoms with Gasteiger partial charge in [-0.1, -0.05) is 23.8 Å².